The number of carbonyl (C=O) groups excluding carboxylic acids is 1. The highest BCUT2D eigenvalue weighted by atomic mass is 35.5. The molecular formula is C22H28ClN5O3. The van der Waals surface area contributed by atoms with Crippen molar-refractivity contribution in [1.82, 2.24) is 9.97 Å². The molecule has 0 atom stereocenters. The van der Waals surface area contributed by atoms with Gasteiger partial charge in [-0.1, -0.05) is 11.6 Å². The Morgan fingerprint density at radius 3 is 2.65 bits per heavy atom. The lowest BCUT2D eigenvalue weighted by atomic mass is 10.1. The first-order valence-electron chi connectivity index (χ1n) is 10.8. The van der Waals surface area contributed by atoms with E-state index in [1.807, 2.05) is 24.0 Å². The molecule has 166 valence electrons. The van der Waals surface area contributed by atoms with Gasteiger partial charge >= 0.3 is 0 Å². The molecule has 2 N–H and O–H groups in total. The zero-order valence-electron chi connectivity index (χ0n) is 17.7. The van der Waals surface area contributed by atoms with Crippen molar-refractivity contribution in [3.8, 4) is 0 Å². The number of rotatable bonds is 6. The number of hydrogen-bond acceptors (Lipinski definition) is 6. The summed E-state index contributed by atoms with van der Waals surface area (Å²) >= 11 is 6.16. The predicted molar refractivity (Wildman–Crippen MR) is 122 cm³/mol. The van der Waals surface area contributed by atoms with Gasteiger partial charge in [-0.2, -0.15) is 0 Å². The number of benzene rings is 1. The van der Waals surface area contributed by atoms with Gasteiger partial charge in [-0.3, -0.25) is 14.6 Å². The number of nitrogens with one attached hydrogen (secondary N) is 2. The van der Waals surface area contributed by atoms with E-state index < -0.39 is 0 Å². The van der Waals surface area contributed by atoms with Crippen molar-refractivity contribution < 1.29 is 9.53 Å². The van der Waals surface area contributed by atoms with E-state index in [1.165, 1.54) is 0 Å². The van der Waals surface area contributed by atoms with Crippen molar-refractivity contribution in [2.75, 3.05) is 54.5 Å². The average Bonchev–Trinajstić information content (AvgIpc) is 3.28. The van der Waals surface area contributed by atoms with E-state index >= 15 is 0 Å². The number of halogens is 1. The van der Waals surface area contributed by atoms with Gasteiger partial charge in [-0.15, -0.1) is 0 Å². The maximum Gasteiger partial charge on any atom is 0.255 e. The number of morpholine rings is 1. The lowest BCUT2D eigenvalue weighted by molar-refractivity contribution is -0.116. The highest BCUT2D eigenvalue weighted by Crippen LogP contribution is 2.31. The minimum Gasteiger partial charge on any atom is -0.378 e. The van der Waals surface area contributed by atoms with Crippen LogP contribution in [0.5, 0.6) is 0 Å². The van der Waals surface area contributed by atoms with Gasteiger partial charge < -0.3 is 19.9 Å². The molecule has 0 aliphatic carbocycles. The molecule has 31 heavy (non-hydrogen) atoms. The van der Waals surface area contributed by atoms with Gasteiger partial charge in [0.05, 0.1) is 24.6 Å². The van der Waals surface area contributed by atoms with Crippen LogP contribution in [0.2, 0.25) is 5.02 Å². The van der Waals surface area contributed by atoms with Crippen molar-refractivity contribution in [2.24, 2.45) is 0 Å². The van der Waals surface area contributed by atoms with Crippen molar-refractivity contribution in [1.29, 1.82) is 0 Å². The van der Waals surface area contributed by atoms with Crippen molar-refractivity contribution in [3.63, 3.8) is 0 Å². The predicted octanol–water partition coefficient (Wildman–Crippen LogP) is 2.74. The molecule has 0 saturated carbocycles. The number of anilines is 3. The fourth-order valence-corrected chi connectivity index (χ4v) is 4.28. The molecule has 8 nitrogen and oxygen atoms in total. The lowest BCUT2D eigenvalue weighted by Crippen LogP contribution is -2.38. The van der Waals surface area contributed by atoms with E-state index in [4.69, 9.17) is 16.3 Å². The van der Waals surface area contributed by atoms with Gasteiger partial charge in [0.2, 0.25) is 11.9 Å². The van der Waals surface area contributed by atoms with Crippen molar-refractivity contribution >= 4 is 34.8 Å². The Balaban J connectivity index is 1.42. The van der Waals surface area contributed by atoms with Crippen LogP contribution in [0.15, 0.2) is 23.0 Å². The van der Waals surface area contributed by atoms with Gasteiger partial charge in [-0.25, -0.2) is 4.98 Å². The number of aryl methyl sites for hydroxylation is 1. The van der Waals surface area contributed by atoms with Crippen LogP contribution in [0.3, 0.4) is 0 Å². The minimum absolute atomic E-state index is 0.154. The van der Waals surface area contributed by atoms with E-state index in [2.05, 4.69) is 20.2 Å². The third-order valence-electron chi connectivity index (χ3n) is 5.80. The Hall–Kier alpha value is -2.58. The molecule has 1 aromatic heterocycles. The summed E-state index contributed by atoms with van der Waals surface area (Å²) in [6, 6.07) is 5.58. The molecule has 2 aliphatic heterocycles. The molecule has 1 aromatic carbocycles. The molecule has 2 fully saturated rings. The second-order valence-electron chi connectivity index (χ2n) is 7.96. The fourth-order valence-electron chi connectivity index (χ4n) is 4.11. The van der Waals surface area contributed by atoms with E-state index in [0.717, 1.165) is 31.6 Å². The molecule has 2 aliphatic rings. The molecule has 3 heterocycles. The quantitative estimate of drug-likeness (QED) is 0.710. The number of amides is 1. The van der Waals surface area contributed by atoms with E-state index in [9.17, 15) is 9.59 Å². The minimum atomic E-state index is -0.192. The summed E-state index contributed by atoms with van der Waals surface area (Å²) in [5.41, 5.74) is 2.70. The molecule has 0 bridgehead atoms. The molecule has 2 saturated heterocycles. The zero-order valence-corrected chi connectivity index (χ0v) is 18.5. The van der Waals surface area contributed by atoms with Crippen LogP contribution in [0.25, 0.3) is 0 Å². The Labute approximate surface area is 186 Å². The summed E-state index contributed by atoms with van der Waals surface area (Å²) in [6.45, 7) is 6.39. The molecule has 0 spiro atoms. The summed E-state index contributed by atoms with van der Waals surface area (Å²) in [7, 11) is 0. The number of aromatic amines is 1. The smallest absolute Gasteiger partial charge is 0.255 e. The first-order valence-corrected chi connectivity index (χ1v) is 11.2. The van der Waals surface area contributed by atoms with Crippen molar-refractivity contribution in [3.05, 3.63) is 44.8 Å². The highest BCUT2D eigenvalue weighted by molar-refractivity contribution is 6.31. The second kappa shape index (κ2) is 9.70. The van der Waals surface area contributed by atoms with Gasteiger partial charge in [0.1, 0.15) is 0 Å². The van der Waals surface area contributed by atoms with Crippen LogP contribution in [0.1, 0.15) is 30.5 Å². The highest BCUT2D eigenvalue weighted by Gasteiger charge is 2.19. The Bertz CT molecular complexity index is 997. The van der Waals surface area contributed by atoms with Gasteiger partial charge in [0.15, 0.2) is 0 Å². The normalized spacial score (nSPS) is 16.6. The van der Waals surface area contributed by atoms with Crippen LogP contribution in [-0.2, 0) is 16.0 Å². The molecule has 2 aromatic rings. The number of H-pyrrole nitrogens is 1. The van der Waals surface area contributed by atoms with Crippen LogP contribution >= 0.6 is 11.6 Å². The summed E-state index contributed by atoms with van der Waals surface area (Å²) in [4.78, 5) is 37.0. The Kier molecular flexibility index (Phi) is 6.77. The SMILES string of the molecule is Cc1nc(N2CCOCC2)[nH]c(=O)c1CCC(=O)Nc1cc(Cl)ccc1N1CCCC1. The summed E-state index contributed by atoms with van der Waals surface area (Å²) < 4.78 is 5.35. The molecule has 0 unspecified atom stereocenters. The maximum atomic E-state index is 12.7. The largest absolute Gasteiger partial charge is 0.378 e. The van der Waals surface area contributed by atoms with Gasteiger partial charge in [-0.05, 0) is 44.4 Å². The molecular weight excluding hydrogens is 418 g/mol. The summed E-state index contributed by atoms with van der Waals surface area (Å²) in [5, 5.41) is 3.56. The lowest BCUT2D eigenvalue weighted by Gasteiger charge is -2.27. The van der Waals surface area contributed by atoms with Crippen molar-refractivity contribution in [2.45, 2.75) is 32.6 Å². The Morgan fingerprint density at radius 1 is 1.19 bits per heavy atom. The third kappa shape index (κ3) is 5.19. The summed E-state index contributed by atoms with van der Waals surface area (Å²) in [5.74, 6) is 0.409. The molecule has 9 heteroatoms. The fraction of sp³-hybridized carbons (Fsp3) is 0.500. The number of ether oxygens (including phenoxy) is 1. The van der Waals surface area contributed by atoms with Crippen LogP contribution in [0, 0.1) is 6.92 Å². The number of carbonyl (C=O) groups is 1. The van der Waals surface area contributed by atoms with Crippen LogP contribution < -0.4 is 20.7 Å². The van der Waals surface area contributed by atoms with E-state index in [0.29, 0.717) is 60.6 Å². The first kappa shape index (κ1) is 21.6. The molecule has 4 rings (SSSR count). The average molecular weight is 446 g/mol. The van der Waals surface area contributed by atoms with Gasteiger partial charge in [0, 0.05) is 48.9 Å². The number of nitrogens with zero attached hydrogens (tertiary/aromatic N) is 3. The van der Waals surface area contributed by atoms with E-state index in [1.54, 1.807) is 6.07 Å². The maximum absolute atomic E-state index is 12.7. The second-order valence-corrected chi connectivity index (χ2v) is 8.39. The first-order chi connectivity index (χ1) is 15.0. The monoisotopic (exact) mass is 445 g/mol. The standard InChI is InChI=1S/C22H28ClN5O3/c1-15-17(21(30)26-22(24-15)28-10-12-31-13-11-28)5-7-20(29)25-18-14-16(23)4-6-19(18)27-8-2-3-9-27/h4,6,14H,2-3,5,7-13H2,1H3,(H,25,29)(H,24,26,30). The van der Waals surface area contributed by atoms with Gasteiger partial charge in [0.25, 0.3) is 5.56 Å². The third-order valence-corrected chi connectivity index (χ3v) is 6.04. The van der Waals surface area contributed by atoms with Crippen LogP contribution in [0.4, 0.5) is 17.3 Å². The topological polar surface area (TPSA) is 90.6 Å². The van der Waals surface area contributed by atoms with E-state index in [-0.39, 0.29) is 17.9 Å². The number of aromatic nitrogens is 2. The number of hydrogen-bond donors (Lipinski definition) is 2. The van der Waals surface area contributed by atoms with Crippen LogP contribution in [-0.4, -0.2) is 55.3 Å². The Morgan fingerprint density at radius 2 is 1.94 bits per heavy atom. The summed E-state index contributed by atoms with van der Waals surface area (Å²) in [6.07, 6.45) is 2.80. The molecule has 0 radical (unpaired) electrons. The molecule has 1 amide bonds. The zero-order chi connectivity index (χ0) is 21.8.